The van der Waals surface area contributed by atoms with Gasteiger partial charge in [0.05, 0.1) is 0 Å². The molecule has 0 nitrogen and oxygen atoms in total. The number of hydrogen-bond donors (Lipinski definition) is 0. The lowest BCUT2D eigenvalue weighted by Gasteiger charge is -2.34. The molecule has 2 aromatic rings. The van der Waals surface area contributed by atoms with Gasteiger partial charge in [-0.2, -0.15) is 0 Å². The van der Waals surface area contributed by atoms with Gasteiger partial charge in [-0.25, -0.2) is 0 Å². The Morgan fingerprint density at radius 1 is 0.875 bits per heavy atom. The molecule has 0 saturated carbocycles. The van der Waals surface area contributed by atoms with Crippen LogP contribution in [0, 0.1) is 0 Å². The average molecular weight is 316 g/mol. The molecule has 124 valence electrons. The zero-order valence-corrected chi connectivity index (χ0v) is 15.3. The van der Waals surface area contributed by atoms with Crippen molar-refractivity contribution < 1.29 is 0 Å². The highest BCUT2D eigenvalue weighted by Gasteiger charge is 2.31. The predicted molar refractivity (Wildman–Crippen MR) is 107 cm³/mol. The summed E-state index contributed by atoms with van der Waals surface area (Å²) in [5.74, 6) is 0.643. The molecule has 0 radical (unpaired) electrons. The molecule has 2 aromatic carbocycles. The van der Waals surface area contributed by atoms with Crippen molar-refractivity contribution in [1.29, 1.82) is 0 Å². The summed E-state index contributed by atoms with van der Waals surface area (Å²) in [6, 6.07) is 19.5. The predicted octanol–water partition coefficient (Wildman–Crippen LogP) is 7.02. The van der Waals surface area contributed by atoms with Gasteiger partial charge in [0.15, 0.2) is 0 Å². The minimum atomic E-state index is 0.255. The molecule has 24 heavy (non-hydrogen) atoms. The van der Waals surface area contributed by atoms with Crippen LogP contribution in [0.1, 0.15) is 56.2 Å². The van der Waals surface area contributed by atoms with Crippen LogP contribution in [0.2, 0.25) is 0 Å². The first kappa shape index (κ1) is 18.0. The Hall–Kier alpha value is -2.34. The second kappa shape index (κ2) is 8.49. The molecule has 0 spiro atoms. The Morgan fingerprint density at radius 2 is 1.46 bits per heavy atom. The zero-order chi connectivity index (χ0) is 17.5. The SMILES string of the molecule is C=C1/C(=C\C=C/C)C(C)c2ccccc2C1c1ccccc1.CC. The van der Waals surface area contributed by atoms with Gasteiger partial charge in [-0.1, -0.05) is 100 Å². The molecule has 0 heterocycles. The van der Waals surface area contributed by atoms with E-state index in [-0.39, 0.29) is 5.92 Å². The summed E-state index contributed by atoms with van der Waals surface area (Å²) in [7, 11) is 0. The normalized spacial score (nSPS) is 21.3. The number of hydrogen-bond acceptors (Lipinski definition) is 0. The van der Waals surface area contributed by atoms with E-state index in [1.54, 1.807) is 0 Å². The highest BCUT2D eigenvalue weighted by Crippen LogP contribution is 2.47. The molecule has 3 rings (SSSR count). The van der Waals surface area contributed by atoms with Gasteiger partial charge in [-0.05, 0) is 34.8 Å². The van der Waals surface area contributed by atoms with E-state index < -0.39 is 0 Å². The molecule has 0 bridgehead atoms. The number of fused-ring (bicyclic) bond motifs is 1. The van der Waals surface area contributed by atoms with Crippen LogP contribution in [0.25, 0.3) is 0 Å². The van der Waals surface area contributed by atoms with Crippen LogP contribution in [0.15, 0.2) is 90.6 Å². The van der Waals surface area contributed by atoms with Crippen molar-refractivity contribution in [3.8, 4) is 0 Å². The van der Waals surface area contributed by atoms with Gasteiger partial charge < -0.3 is 0 Å². The van der Waals surface area contributed by atoms with E-state index in [0.29, 0.717) is 5.92 Å². The van der Waals surface area contributed by atoms with E-state index in [1.165, 1.54) is 27.8 Å². The standard InChI is InChI=1S/C22H22.C2H6/c1-4-5-13-19-16(2)20-14-9-10-15-21(20)22(17(19)3)18-11-7-6-8-12-18;1-2/h4-16,22H,3H2,1-2H3;1-2H3/b5-4-,19-13-;. The molecule has 2 atom stereocenters. The van der Waals surface area contributed by atoms with Crippen LogP contribution in [0.5, 0.6) is 0 Å². The third kappa shape index (κ3) is 3.43. The smallest absolute Gasteiger partial charge is 0.0340 e. The van der Waals surface area contributed by atoms with Gasteiger partial charge in [0, 0.05) is 11.8 Å². The quantitative estimate of drug-likeness (QED) is 0.558. The van der Waals surface area contributed by atoms with Crippen molar-refractivity contribution in [3.63, 3.8) is 0 Å². The highest BCUT2D eigenvalue weighted by atomic mass is 14.3. The molecule has 0 heteroatoms. The summed E-state index contributed by atoms with van der Waals surface area (Å²) in [5, 5.41) is 0. The molecule has 2 unspecified atom stereocenters. The van der Waals surface area contributed by atoms with Crippen molar-refractivity contribution in [1.82, 2.24) is 0 Å². The Morgan fingerprint density at radius 3 is 2.08 bits per heavy atom. The van der Waals surface area contributed by atoms with Crippen molar-refractivity contribution >= 4 is 0 Å². The first-order valence-corrected chi connectivity index (χ1v) is 8.90. The second-order valence-electron chi connectivity index (χ2n) is 5.87. The van der Waals surface area contributed by atoms with Crippen LogP contribution < -0.4 is 0 Å². The molecule has 0 saturated heterocycles. The Labute approximate surface area is 147 Å². The molecule has 1 aliphatic carbocycles. The molecule has 0 N–H and O–H groups in total. The lowest BCUT2D eigenvalue weighted by Crippen LogP contribution is -2.18. The number of benzene rings is 2. The van der Waals surface area contributed by atoms with E-state index in [0.717, 1.165) is 0 Å². The lowest BCUT2D eigenvalue weighted by molar-refractivity contribution is 0.781. The lowest BCUT2D eigenvalue weighted by atomic mass is 9.69. The van der Waals surface area contributed by atoms with E-state index in [1.807, 2.05) is 13.8 Å². The molecule has 0 amide bonds. The second-order valence-corrected chi connectivity index (χ2v) is 5.87. The zero-order valence-electron chi connectivity index (χ0n) is 15.3. The molecule has 1 aliphatic rings. The van der Waals surface area contributed by atoms with E-state index in [9.17, 15) is 0 Å². The topological polar surface area (TPSA) is 0 Å². The fourth-order valence-electron chi connectivity index (χ4n) is 3.45. The van der Waals surface area contributed by atoms with Gasteiger partial charge in [-0.15, -0.1) is 0 Å². The van der Waals surface area contributed by atoms with Crippen molar-refractivity contribution in [2.24, 2.45) is 0 Å². The van der Waals surface area contributed by atoms with Crippen molar-refractivity contribution in [2.45, 2.75) is 39.5 Å². The van der Waals surface area contributed by atoms with E-state index in [2.05, 4.69) is 93.3 Å². The molecular weight excluding hydrogens is 288 g/mol. The fraction of sp³-hybridized carbons (Fsp3) is 0.250. The fourth-order valence-corrected chi connectivity index (χ4v) is 3.45. The molecule has 0 aromatic heterocycles. The van der Waals surface area contributed by atoms with Gasteiger partial charge in [0.2, 0.25) is 0 Å². The van der Waals surface area contributed by atoms with Gasteiger partial charge in [-0.3, -0.25) is 0 Å². The van der Waals surface area contributed by atoms with Crippen LogP contribution in [0.4, 0.5) is 0 Å². The van der Waals surface area contributed by atoms with Gasteiger partial charge in [0.25, 0.3) is 0 Å². The number of rotatable bonds is 2. The largest absolute Gasteiger partial charge is 0.0946 e. The minimum Gasteiger partial charge on any atom is -0.0946 e. The van der Waals surface area contributed by atoms with Gasteiger partial charge >= 0.3 is 0 Å². The Kier molecular flexibility index (Phi) is 6.37. The summed E-state index contributed by atoms with van der Waals surface area (Å²) in [6.45, 7) is 12.8. The van der Waals surface area contributed by atoms with E-state index >= 15 is 0 Å². The Balaban J connectivity index is 0.00000100. The maximum absolute atomic E-state index is 4.45. The van der Waals surface area contributed by atoms with Gasteiger partial charge in [0.1, 0.15) is 0 Å². The Bertz CT molecular complexity index is 732. The molecule has 0 fully saturated rings. The summed E-state index contributed by atoms with van der Waals surface area (Å²) < 4.78 is 0. The monoisotopic (exact) mass is 316 g/mol. The van der Waals surface area contributed by atoms with E-state index in [4.69, 9.17) is 0 Å². The first-order chi connectivity index (χ1) is 11.7. The maximum Gasteiger partial charge on any atom is 0.0340 e. The average Bonchev–Trinajstić information content (AvgIpc) is 2.64. The van der Waals surface area contributed by atoms with Crippen LogP contribution >= 0.6 is 0 Å². The summed E-state index contributed by atoms with van der Waals surface area (Å²) in [6.07, 6.45) is 6.41. The van der Waals surface area contributed by atoms with Crippen molar-refractivity contribution in [3.05, 3.63) is 107 Å². The number of allylic oxidation sites excluding steroid dienone is 5. The highest BCUT2D eigenvalue weighted by molar-refractivity contribution is 5.59. The van der Waals surface area contributed by atoms with Crippen LogP contribution in [0.3, 0.4) is 0 Å². The minimum absolute atomic E-state index is 0.255. The third-order valence-corrected chi connectivity index (χ3v) is 4.56. The van der Waals surface area contributed by atoms with Crippen LogP contribution in [-0.2, 0) is 0 Å². The third-order valence-electron chi connectivity index (χ3n) is 4.56. The molecular formula is C24H28. The first-order valence-electron chi connectivity index (χ1n) is 8.90. The summed E-state index contributed by atoms with van der Waals surface area (Å²) in [4.78, 5) is 0. The summed E-state index contributed by atoms with van der Waals surface area (Å²) in [5.41, 5.74) is 6.68. The van der Waals surface area contributed by atoms with Crippen LogP contribution in [-0.4, -0.2) is 0 Å². The van der Waals surface area contributed by atoms with Crippen molar-refractivity contribution in [2.75, 3.05) is 0 Å². The molecule has 0 aliphatic heterocycles. The maximum atomic E-state index is 4.45. The summed E-state index contributed by atoms with van der Waals surface area (Å²) >= 11 is 0.